The van der Waals surface area contributed by atoms with Crippen molar-refractivity contribution in [1.82, 2.24) is 4.98 Å². The summed E-state index contributed by atoms with van der Waals surface area (Å²) in [5.74, 6) is -1.48. The van der Waals surface area contributed by atoms with Crippen LogP contribution in [0.5, 0.6) is 0 Å². The molecule has 1 aromatic heterocycles. The Morgan fingerprint density at radius 3 is 2.47 bits per heavy atom. The minimum Gasteiger partial charge on any atom is -0.478 e. The molecule has 1 heterocycles. The lowest BCUT2D eigenvalue weighted by Gasteiger charge is -2.07. The number of aromatic carboxylic acids is 1. The Bertz CT molecular complexity index is 626. The van der Waals surface area contributed by atoms with Crippen LogP contribution in [0.25, 0.3) is 0 Å². The summed E-state index contributed by atoms with van der Waals surface area (Å²) in [6, 6.07) is 8.29. The molecule has 96 valence electrons. The SMILES string of the molecule is O=C(Nc1cnccc1C(=O)O)c1ccc(I)cc1. The van der Waals surface area contributed by atoms with E-state index in [4.69, 9.17) is 5.11 Å². The van der Waals surface area contributed by atoms with Crippen molar-refractivity contribution < 1.29 is 14.7 Å². The molecule has 0 aliphatic heterocycles. The van der Waals surface area contributed by atoms with Crippen LogP contribution in [0, 0.1) is 3.57 Å². The van der Waals surface area contributed by atoms with Crippen molar-refractivity contribution in [2.24, 2.45) is 0 Å². The van der Waals surface area contributed by atoms with E-state index in [0.29, 0.717) is 5.56 Å². The first-order chi connectivity index (χ1) is 9.08. The van der Waals surface area contributed by atoms with Gasteiger partial charge in [-0.3, -0.25) is 9.78 Å². The third-order valence-corrected chi connectivity index (χ3v) is 3.13. The molecule has 0 bridgehead atoms. The molecule has 0 aliphatic carbocycles. The molecule has 0 aliphatic rings. The van der Waals surface area contributed by atoms with Crippen LogP contribution in [-0.4, -0.2) is 22.0 Å². The summed E-state index contributed by atoms with van der Waals surface area (Å²) >= 11 is 2.14. The fraction of sp³-hybridized carbons (Fsp3) is 0. The number of nitrogens with one attached hydrogen (secondary N) is 1. The van der Waals surface area contributed by atoms with Crippen LogP contribution in [0.2, 0.25) is 0 Å². The zero-order chi connectivity index (χ0) is 13.8. The number of hydrogen-bond acceptors (Lipinski definition) is 3. The first kappa shape index (κ1) is 13.5. The number of amides is 1. The first-order valence-electron chi connectivity index (χ1n) is 5.32. The predicted molar refractivity (Wildman–Crippen MR) is 78.3 cm³/mol. The lowest BCUT2D eigenvalue weighted by atomic mass is 10.2. The maximum atomic E-state index is 12.0. The number of carbonyl (C=O) groups excluding carboxylic acids is 1. The van der Waals surface area contributed by atoms with E-state index in [0.717, 1.165) is 3.57 Å². The smallest absolute Gasteiger partial charge is 0.337 e. The van der Waals surface area contributed by atoms with Crippen molar-refractivity contribution >= 4 is 40.2 Å². The van der Waals surface area contributed by atoms with Gasteiger partial charge in [0.05, 0.1) is 17.4 Å². The fourth-order valence-corrected chi connectivity index (χ4v) is 1.84. The number of carboxylic acid groups (broad SMARTS) is 1. The number of anilines is 1. The second-order valence-corrected chi connectivity index (χ2v) is 4.93. The zero-order valence-corrected chi connectivity index (χ0v) is 11.8. The number of nitrogens with zero attached hydrogens (tertiary/aromatic N) is 1. The molecule has 1 amide bonds. The molecule has 2 N–H and O–H groups in total. The summed E-state index contributed by atoms with van der Waals surface area (Å²) in [5, 5.41) is 11.5. The van der Waals surface area contributed by atoms with Crippen molar-refractivity contribution in [1.29, 1.82) is 0 Å². The topological polar surface area (TPSA) is 79.3 Å². The lowest BCUT2D eigenvalue weighted by Crippen LogP contribution is -2.15. The molecule has 0 spiro atoms. The molecule has 6 heteroatoms. The van der Waals surface area contributed by atoms with E-state index >= 15 is 0 Å². The fourth-order valence-electron chi connectivity index (χ4n) is 1.48. The Balaban J connectivity index is 2.24. The summed E-state index contributed by atoms with van der Waals surface area (Å²) < 4.78 is 1.02. The molecule has 0 unspecified atom stereocenters. The van der Waals surface area contributed by atoms with Crippen molar-refractivity contribution in [3.63, 3.8) is 0 Å². The zero-order valence-electron chi connectivity index (χ0n) is 9.63. The van der Waals surface area contributed by atoms with E-state index in [2.05, 4.69) is 32.9 Å². The minimum absolute atomic E-state index is 0.00821. The number of rotatable bonds is 3. The third-order valence-electron chi connectivity index (χ3n) is 2.41. The van der Waals surface area contributed by atoms with Gasteiger partial charge in [0.2, 0.25) is 0 Å². The molecule has 19 heavy (non-hydrogen) atoms. The number of benzene rings is 1. The standard InChI is InChI=1S/C13H9IN2O3/c14-9-3-1-8(2-4-9)12(17)16-11-7-15-6-5-10(11)13(18)19/h1-7H,(H,16,17)(H,18,19). The second-order valence-electron chi connectivity index (χ2n) is 3.69. The largest absolute Gasteiger partial charge is 0.478 e. The Morgan fingerprint density at radius 2 is 1.84 bits per heavy atom. The van der Waals surface area contributed by atoms with E-state index < -0.39 is 5.97 Å². The highest BCUT2D eigenvalue weighted by atomic mass is 127. The van der Waals surface area contributed by atoms with Gasteiger partial charge >= 0.3 is 5.97 Å². The number of hydrogen-bond donors (Lipinski definition) is 2. The molecule has 0 saturated carbocycles. The van der Waals surface area contributed by atoms with Gasteiger partial charge < -0.3 is 10.4 Å². The van der Waals surface area contributed by atoms with Gasteiger partial charge in [-0.05, 0) is 52.9 Å². The van der Waals surface area contributed by atoms with Crippen molar-refractivity contribution in [2.45, 2.75) is 0 Å². The Kier molecular flexibility index (Phi) is 4.10. The minimum atomic E-state index is -1.11. The molecule has 5 nitrogen and oxygen atoms in total. The van der Waals surface area contributed by atoms with Crippen LogP contribution >= 0.6 is 22.6 Å². The molecular weight excluding hydrogens is 359 g/mol. The van der Waals surface area contributed by atoms with Crippen LogP contribution in [0.4, 0.5) is 5.69 Å². The molecular formula is C13H9IN2O3. The number of carbonyl (C=O) groups is 2. The molecule has 0 saturated heterocycles. The summed E-state index contributed by atoms with van der Waals surface area (Å²) in [6.45, 7) is 0. The van der Waals surface area contributed by atoms with Gasteiger partial charge in [-0.2, -0.15) is 0 Å². The monoisotopic (exact) mass is 368 g/mol. The van der Waals surface area contributed by atoms with Gasteiger partial charge in [-0.25, -0.2) is 4.79 Å². The first-order valence-corrected chi connectivity index (χ1v) is 6.40. The van der Waals surface area contributed by atoms with Gasteiger partial charge in [-0.1, -0.05) is 0 Å². The maximum absolute atomic E-state index is 12.0. The molecule has 1 aromatic carbocycles. The van der Waals surface area contributed by atoms with Crippen molar-refractivity contribution in [3.05, 3.63) is 57.4 Å². The van der Waals surface area contributed by atoms with Gasteiger partial charge in [0.1, 0.15) is 0 Å². The summed E-state index contributed by atoms with van der Waals surface area (Å²) in [7, 11) is 0. The van der Waals surface area contributed by atoms with Crippen LogP contribution in [0.1, 0.15) is 20.7 Å². The summed E-state index contributed by atoms with van der Waals surface area (Å²) in [4.78, 5) is 26.8. The van der Waals surface area contributed by atoms with Crippen LogP contribution in [0.3, 0.4) is 0 Å². The van der Waals surface area contributed by atoms with E-state index in [-0.39, 0.29) is 17.2 Å². The summed E-state index contributed by atoms with van der Waals surface area (Å²) in [5.41, 5.74) is 0.646. The normalized spacial score (nSPS) is 9.95. The number of carboxylic acids is 1. The highest BCUT2D eigenvalue weighted by Crippen LogP contribution is 2.15. The van der Waals surface area contributed by atoms with E-state index in [1.165, 1.54) is 18.5 Å². The average molecular weight is 368 g/mol. The maximum Gasteiger partial charge on any atom is 0.337 e. The Hall–Kier alpha value is -1.96. The average Bonchev–Trinajstić information content (AvgIpc) is 2.39. The highest BCUT2D eigenvalue weighted by Gasteiger charge is 2.13. The predicted octanol–water partition coefficient (Wildman–Crippen LogP) is 2.64. The third kappa shape index (κ3) is 3.28. The van der Waals surface area contributed by atoms with Crippen LogP contribution in [0.15, 0.2) is 42.7 Å². The molecule has 2 rings (SSSR count). The Morgan fingerprint density at radius 1 is 1.16 bits per heavy atom. The van der Waals surface area contributed by atoms with E-state index in [1.807, 2.05) is 0 Å². The second kappa shape index (κ2) is 5.79. The van der Waals surface area contributed by atoms with Crippen molar-refractivity contribution in [3.8, 4) is 0 Å². The van der Waals surface area contributed by atoms with Crippen molar-refractivity contribution in [2.75, 3.05) is 5.32 Å². The molecule has 0 fully saturated rings. The molecule has 0 atom stereocenters. The summed E-state index contributed by atoms with van der Waals surface area (Å²) in [6.07, 6.45) is 2.68. The Labute approximate surface area is 122 Å². The van der Waals surface area contributed by atoms with Gasteiger partial charge in [0.15, 0.2) is 0 Å². The van der Waals surface area contributed by atoms with Gasteiger partial charge in [-0.15, -0.1) is 0 Å². The van der Waals surface area contributed by atoms with E-state index in [1.54, 1.807) is 24.3 Å². The molecule has 0 radical (unpaired) electrons. The highest BCUT2D eigenvalue weighted by molar-refractivity contribution is 14.1. The van der Waals surface area contributed by atoms with Crippen LogP contribution < -0.4 is 5.32 Å². The number of pyridine rings is 1. The number of aromatic nitrogens is 1. The van der Waals surface area contributed by atoms with E-state index in [9.17, 15) is 9.59 Å². The van der Waals surface area contributed by atoms with Crippen LogP contribution in [-0.2, 0) is 0 Å². The number of halogens is 1. The van der Waals surface area contributed by atoms with Gasteiger partial charge in [0, 0.05) is 15.3 Å². The quantitative estimate of drug-likeness (QED) is 0.817. The lowest BCUT2D eigenvalue weighted by molar-refractivity contribution is 0.0698. The van der Waals surface area contributed by atoms with Gasteiger partial charge in [0.25, 0.3) is 5.91 Å². The molecule has 2 aromatic rings.